The second-order valence-electron chi connectivity index (χ2n) is 4.52. The number of nitrogens with two attached hydrogens (primary N) is 1. The van der Waals surface area contributed by atoms with E-state index in [2.05, 4.69) is 10.4 Å². The molecule has 0 saturated carbocycles. The number of rotatable bonds is 4. The van der Waals surface area contributed by atoms with Crippen molar-refractivity contribution < 1.29 is 13.2 Å². The van der Waals surface area contributed by atoms with Crippen molar-refractivity contribution in [3.63, 3.8) is 0 Å². The summed E-state index contributed by atoms with van der Waals surface area (Å²) in [4.78, 5) is 4.12. The molecule has 0 aliphatic carbocycles. The SMILES string of the molecule is NNC(Cc1cccc(C(F)(F)F)c1)c1ccc(Cl)cn1. The first kappa shape index (κ1) is 15.8. The molecule has 0 bridgehead atoms. The van der Waals surface area contributed by atoms with Gasteiger partial charge in [0, 0.05) is 6.20 Å². The number of alkyl halides is 3. The summed E-state index contributed by atoms with van der Waals surface area (Å²) >= 11 is 5.75. The van der Waals surface area contributed by atoms with Crippen LogP contribution in [0.4, 0.5) is 13.2 Å². The third-order valence-corrected chi connectivity index (χ3v) is 3.23. The second-order valence-corrected chi connectivity index (χ2v) is 4.96. The molecule has 0 spiro atoms. The fourth-order valence-corrected chi connectivity index (χ4v) is 2.06. The molecule has 0 saturated heterocycles. The minimum absolute atomic E-state index is 0.287. The molecule has 1 aromatic carbocycles. The molecule has 1 aromatic heterocycles. The van der Waals surface area contributed by atoms with E-state index in [1.54, 1.807) is 18.2 Å². The van der Waals surface area contributed by atoms with Crippen LogP contribution in [0.3, 0.4) is 0 Å². The predicted molar refractivity (Wildman–Crippen MR) is 74.5 cm³/mol. The number of nitrogens with zero attached hydrogens (tertiary/aromatic N) is 1. The number of pyridine rings is 1. The smallest absolute Gasteiger partial charge is 0.271 e. The molecule has 3 N–H and O–H groups in total. The summed E-state index contributed by atoms with van der Waals surface area (Å²) in [5.41, 5.74) is 3.01. The summed E-state index contributed by atoms with van der Waals surface area (Å²) in [7, 11) is 0. The molecule has 21 heavy (non-hydrogen) atoms. The van der Waals surface area contributed by atoms with Crippen LogP contribution < -0.4 is 11.3 Å². The van der Waals surface area contributed by atoms with Crippen LogP contribution >= 0.6 is 11.6 Å². The number of halogens is 4. The molecular weight excluding hydrogens is 303 g/mol. The van der Waals surface area contributed by atoms with Crippen LogP contribution in [0.2, 0.25) is 5.02 Å². The summed E-state index contributed by atoms with van der Waals surface area (Å²) in [5.74, 6) is 5.47. The number of benzene rings is 1. The van der Waals surface area contributed by atoms with Crippen LogP contribution in [0.5, 0.6) is 0 Å². The van der Waals surface area contributed by atoms with Gasteiger partial charge < -0.3 is 0 Å². The Balaban J connectivity index is 2.21. The van der Waals surface area contributed by atoms with Gasteiger partial charge in [-0.25, -0.2) is 0 Å². The summed E-state index contributed by atoms with van der Waals surface area (Å²) in [6.07, 6.45) is -2.61. The summed E-state index contributed by atoms with van der Waals surface area (Å²) in [5, 5.41) is 0.480. The molecule has 112 valence electrons. The first-order valence-electron chi connectivity index (χ1n) is 6.14. The molecule has 0 aliphatic rings. The number of hydrogen-bond donors (Lipinski definition) is 2. The van der Waals surface area contributed by atoms with E-state index in [4.69, 9.17) is 17.4 Å². The van der Waals surface area contributed by atoms with Crippen LogP contribution in [0.1, 0.15) is 22.9 Å². The van der Waals surface area contributed by atoms with Gasteiger partial charge in [-0.2, -0.15) is 13.2 Å². The van der Waals surface area contributed by atoms with Crippen molar-refractivity contribution in [3.8, 4) is 0 Å². The monoisotopic (exact) mass is 315 g/mol. The Morgan fingerprint density at radius 2 is 2.00 bits per heavy atom. The Labute approximate surface area is 124 Å². The summed E-state index contributed by atoms with van der Waals surface area (Å²) in [6, 6.07) is 8.08. The maximum Gasteiger partial charge on any atom is 0.416 e. The molecule has 0 radical (unpaired) electrons. The Morgan fingerprint density at radius 1 is 1.24 bits per heavy atom. The van der Waals surface area contributed by atoms with E-state index < -0.39 is 17.8 Å². The molecule has 1 unspecified atom stereocenters. The van der Waals surface area contributed by atoms with Crippen molar-refractivity contribution in [2.75, 3.05) is 0 Å². The molecule has 2 rings (SSSR count). The molecule has 1 atom stereocenters. The Kier molecular flexibility index (Phi) is 4.82. The molecule has 0 fully saturated rings. The summed E-state index contributed by atoms with van der Waals surface area (Å²) in [6.45, 7) is 0. The van der Waals surface area contributed by atoms with E-state index in [-0.39, 0.29) is 6.42 Å². The van der Waals surface area contributed by atoms with Gasteiger partial charge in [-0.15, -0.1) is 0 Å². The zero-order chi connectivity index (χ0) is 15.5. The zero-order valence-electron chi connectivity index (χ0n) is 10.9. The Hall–Kier alpha value is -1.63. The first-order valence-corrected chi connectivity index (χ1v) is 6.51. The van der Waals surface area contributed by atoms with Gasteiger partial charge in [0.05, 0.1) is 22.3 Å². The highest BCUT2D eigenvalue weighted by Gasteiger charge is 2.30. The van der Waals surface area contributed by atoms with Gasteiger partial charge in [0.25, 0.3) is 0 Å². The van der Waals surface area contributed by atoms with Gasteiger partial charge in [-0.05, 0) is 30.2 Å². The minimum atomic E-state index is -4.36. The fourth-order valence-electron chi connectivity index (χ4n) is 1.95. The van der Waals surface area contributed by atoms with Crippen LogP contribution in [0.15, 0.2) is 42.6 Å². The Bertz CT molecular complexity index is 599. The molecule has 2 aromatic rings. The lowest BCUT2D eigenvalue weighted by Gasteiger charge is -2.16. The van der Waals surface area contributed by atoms with Gasteiger partial charge in [0.1, 0.15) is 0 Å². The quantitative estimate of drug-likeness (QED) is 0.670. The van der Waals surface area contributed by atoms with Crippen molar-refractivity contribution in [2.45, 2.75) is 18.6 Å². The zero-order valence-corrected chi connectivity index (χ0v) is 11.6. The summed E-state index contributed by atoms with van der Waals surface area (Å²) < 4.78 is 38.1. The maximum absolute atomic E-state index is 12.7. The average Bonchev–Trinajstić information content (AvgIpc) is 2.45. The van der Waals surface area contributed by atoms with Crippen molar-refractivity contribution in [1.82, 2.24) is 10.4 Å². The van der Waals surface area contributed by atoms with Crippen LogP contribution in [0.25, 0.3) is 0 Å². The van der Waals surface area contributed by atoms with Crippen molar-refractivity contribution in [1.29, 1.82) is 0 Å². The van der Waals surface area contributed by atoms with E-state index in [0.29, 0.717) is 16.3 Å². The number of aromatic nitrogens is 1. The highest BCUT2D eigenvalue weighted by Crippen LogP contribution is 2.30. The normalized spacial score (nSPS) is 13.2. The van der Waals surface area contributed by atoms with Gasteiger partial charge in [0.2, 0.25) is 0 Å². The average molecular weight is 316 g/mol. The predicted octanol–water partition coefficient (Wildman–Crippen LogP) is 3.50. The lowest BCUT2D eigenvalue weighted by molar-refractivity contribution is -0.137. The minimum Gasteiger partial charge on any atom is -0.271 e. The van der Waals surface area contributed by atoms with Crippen LogP contribution in [0, 0.1) is 0 Å². The second kappa shape index (κ2) is 6.43. The highest BCUT2D eigenvalue weighted by molar-refractivity contribution is 6.30. The molecule has 0 amide bonds. The van der Waals surface area contributed by atoms with Gasteiger partial charge in [-0.1, -0.05) is 29.8 Å². The third kappa shape index (κ3) is 4.17. The molecule has 1 heterocycles. The van der Waals surface area contributed by atoms with Crippen molar-refractivity contribution in [2.24, 2.45) is 5.84 Å². The molecular formula is C14H13ClF3N3. The van der Waals surface area contributed by atoms with E-state index in [9.17, 15) is 13.2 Å². The van der Waals surface area contributed by atoms with Crippen molar-refractivity contribution in [3.05, 3.63) is 64.4 Å². The van der Waals surface area contributed by atoms with E-state index >= 15 is 0 Å². The standard InChI is InChI=1S/C14H13ClF3N3/c15-11-4-5-12(20-8-11)13(21-19)7-9-2-1-3-10(6-9)14(16,17)18/h1-6,8,13,21H,7,19H2. The molecule has 0 aliphatic heterocycles. The molecule has 3 nitrogen and oxygen atoms in total. The van der Waals surface area contributed by atoms with E-state index in [1.807, 2.05) is 0 Å². The lowest BCUT2D eigenvalue weighted by atomic mass is 10.0. The number of hydrogen-bond acceptors (Lipinski definition) is 3. The maximum atomic E-state index is 12.7. The van der Waals surface area contributed by atoms with Crippen molar-refractivity contribution >= 4 is 11.6 Å². The fraction of sp³-hybridized carbons (Fsp3) is 0.214. The van der Waals surface area contributed by atoms with E-state index in [0.717, 1.165) is 12.1 Å². The highest BCUT2D eigenvalue weighted by atomic mass is 35.5. The van der Waals surface area contributed by atoms with Gasteiger partial charge >= 0.3 is 6.18 Å². The van der Waals surface area contributed by atoms with Crippen LogP contribution in [-0.4, -0.2) is 4.98 Å². The third-order valence-electron chi connectivity index (χ3n) is 3.00. The Morgan fingerprint density at radius 3 is 2.57 bits per heavy atom. The lowest BCUT2D eigenvalue weighted by Crippen LogP contribution is -2.30. The first-order chi connectivity index (χ1) is 9.90. The largest absolute Gasteiger partial charge is 0.416 e. The van der Waals surface area contributed by atoms with Crippen LogP contribution in [-0.2, 0) is 12.6 Å². The topological polar surface area (TPSA) is 50.9 Å². The van der Waals surface area contributed by atoms with Gasteiger partial charge in [-0.3, -0.25) is 16.3 Å². The van der Waals surface area contributed by atoms with E-state index in [1.165, 1.54) is 12.3 Å². The van der Waals surface area contributed by atoms with Gasteiger partial charge in [0.15, 0.2) is 0 Å². The number of nitrogens with one attached hydrogen (secondary N) is 1. The number of hydrazine groups is 1. The molecule has 7 heteroatoms.